The second kappa shape index (κ2) is 9.36. The van der Waals surface area contributed by atoms with Crippen molar-refractivity contribution in [3.8, 4) is 0 Å². The summed E-state index contributed by atoms with van der Waals surface area (Å²) in [4.78, 5) is 48.6. The van der Waals surface area contributed by atoms with Gasteiger partial charge in [0.1, 0.15) is 0 Å². The molecular formula is C18H20ClN4O6P. The molecule has 0 amide bonds. The number of nitro groups is 1. The van der Waals surface area contributed by atoms with Crippen LogP contribution < -0.4 is 16.4 Å². The van der Waals surface area contributed by atoms with E-state index in [9.17, 15) is 29.2 Å². The van der Waals surface area contributed by atoms with Crippen LogP contribution in [0.3, 0.4) is 0 Å². The molecule has 0 bridgehead atoms. The molecule has 2 atom stereocenters. The van der Waals surface area contributed by atoms with Crippen molar-refractivity contribution in [2.75, 3.05) is 12.8 Å². The SMILES string of the molecule is CP(=O)(O)CC(NCc1cc([N+](=O)[O-])cc2[nH]c(=O)c(=O)[nH]c12)c1ccccc1.Cl. The standard InChI is InChI=1S/C18H19N4O6P.ClH/c1-29(27,28)10-15(11-5-3-2-4-6-11)19-9-12-7-13(22(25)26)8-14-16(12)21-18(24)17(23)20-14;/h2-8,15,19H,9-10H2,1H3,(H,20,23)(H,21,24)(H,27,28);1H. The minimum atomic E-state index is -3.37. The number of aromatic amines is 2. The van der Waals surface area contributed by atoms with Gasteiger partial charge in [-0.15, -0.1) is 12.4 Å². The highest BCUT2D eigenvalue weighted by Gasteiger charge is 2.21. The fourth-order valence-corrected chi connectivity index (χ4v) is 4.09. The van der Waals surface area contributed by atoms with Gasteiger partial charge in [-0.1, -0.05) is 30.3 Å². The van der Waals surface area contributed by atoms with Crippen molar-refractivity contribution in [3.05, 3.63) is 84.4 Å². The van der Waals surface area contributed by atoms with Crippen LogP contribution in [0.5, 0.6) is 0 Å². The summed E-state index contributed by atoms with van der Waals surface area (Å²) < 4.78 is 12.0. The summed E-state index contributed by atoms with van der Waals surface area (Å²) in [6.07, 6.45) is -0.0444. The Morgan fingerprint density at radius 3 is 2.40 bits per heavy atom. The zero-order valence-corrected chi connectivity index (χ0v) is 17.5. The summed E-state index contributed by atoms with van der Waals surface area (Å²) in [5.74, 6) is 0. The molecule has 0 spiro atoms. The third kappa shape index (κ3) is 5.64. The first-order chi connectivity index (χ1) is 13.6. The van der Waals surface area contributed by atoms with E-state index in [4.69, 9.17) is 0 Å². The number of rotatable bonds is 7. The highest BCUT2D eigenvalue weighted by molar-refractivity contribution is 7.57. The predicted octanol–water partition coefficient (Wildman–Crippen LogP) is 2.28. The van der Waals surface area contributed by atoms with Crippen molar-refractivity contribution < 1.29 is 14.4 Å². The Hall–Kier alpha value is -2.78. The van der Waals surface area contributed by atoms with Crippen LogP contribution in [0.4, 0.5) is 5.69 Å². The highest BCUT2D eigenvalue weighted by Crippen LogP contribution is 2.39. The maximum absolute atomic E-state index is 12.0. The number of H-pyrrole nitrogens is 2. The average Bonchev–Trinajstić information content (AvgIpc) is 2.65. The molecule has 2 unspecified atom stereocenters. The van der Waals surface area contributed by atoms with Crippen molar-refractivity contribution in [2.45, 2.75) is 12.6 Å². The Balaban J connectivity index is 0.00000320. The number of nitro benzene ring substituents is 1. The van der Waals surface area contributed by atoms with Crippen LogP contribution >= 0.6 is 19.8 Å². The first kappa shape index (κ1) is 23.5. The van der Waals surface area contributed by atoms with Crippen LogP contribution in [0.25, 0.3) is 11.0 Å². The molecule has 0 saturated carbocycles. The fourth-order valence-electron chi connectivity index (χ4n) is 3.07. The third-order valence-corrected chi connectivity index (χ3v) is 5.41. The number of non-ortho nitro benzene ring substituents is 1. The maximum atomic E-state index is 12.0. The molecule has 3 rings (SSSR count). The van der Waals surface area contributed by atoms with Crippen molar-refractivity contribution in [1.82, 2.24) is 15.3 Å². The van der Waals surface area contributed by atoms with Crippen LogP contribution in [0.15, 0.2) is 52.1 Å². The molecule has 0 aliphatic carbocycles. The van der Waals surface area contributed by atoms with Crippen LogP contribution in [0.1, 0.15) is 17.2 Å². The van der Waals surface area contributed by atoms with Gasteiger partial charge in [0.2, 0.25) is 0 Å². The van der Waals surface area contributed by atoms with Gasteiger partial charge in [-0.3, -0.25) is 24.3 Å². The first-order valence-corrected chi connectivity index (χ1v) is 10.9. The Morgan fingerprint density at radius 1 is 1.17 bits per heavy atom. The van der Waals surface area contributed by atoms with Crippen molar-refractivity contribution in [2.24, 2.45) is 0 Å². The number of nitrogens with one attached hydrogen (secondary N) is 3. The van der Waals surface area contributed by atoms with Gasteiger partial charge in [-0.2, -0.15) is 0 Å². The van der Waals surface area contributed by atoms with E-state index >= 15 is 0 Å². The van der Waals surface area contributed by atoms with Crippen LogP contribution in [-0.4, -0.2) is 32.6 Å². The zero-order valence-electron chi connectivity index (χ0n) is 15.8. The minimum absolute atomic E-state index is 0. The second-order valence-electron chi connectivity index (χ2n) is 6.77. The van der Waals surface area contributed by atoms with E-state index in [2.05, 4.69) is 15.3 Å². The lowest BCUT2D eigenvalue weighted by atomic mass is 10.1. The molecule has 1 aromatic heterocycles. The molecule has 0 fully saturated rings. The third-order valence-electron chi connectivity index (χ3n) is 4.37. The lowest BCUT2D eigenvalue weighted by Crippen LogP contribution is -2.30. The summed E-state index contributed by atoms with van der Waals surface area (Å²) in [6.45, 7) is 1.31. The molecule has 0 aliphatic heterocycles. The van der Waals surface area contributed by atoms with Gasteiger partial charge in [0, 0.05) is 37.5 Å². The van der Waals surface area contributed by atoms with Crippen molar-refractivity contribution in [1.29, 1.82) is 0 Å². The van der Waals surface area contributed by atoms with E-state index in [0.29, 0.717) is 5.56 Å². The molecule has 30 heavy (non-hydrogen) atoms. The minimum Gasteiger partial charge on any atom is -0.344 e. The molecule has 160 valence electrons. The van der Waals surface area contributed by atoms with E-state index in [1.54, 1.807) is 24.3 Å². The number of fused-ring (bicyclic) bond motifs is 1. The summed E-state index contributed by atoms with van der Waals surface area (Å²) in [6, 6.07) is 11.0. The number of aromatic nitrogens is 2. The number of nitrogens with zero attached hydrogens (tertiary/aromatic N) is 1. The maximum Gasteiger partial charge on any atom is 0.314 e. The van der Waals surface area contributed by atoms with E-state index in [1.165, 1.54) is 18.8 Å². The summed E-state index contributed by atoms with van der Waals surface area (Å²) >= 11 is 0. The predicted molar refractivity (Wildman–Crippen MR) is 116 cm³/mol. The number of benzene rings is 2. The van der Waals surface area contributed by atoms with Crippen molar-refractivity contribution in [3.63, 3.8) is 0 Å². The number of halogens is 1. The fraction of sp³-hybridized carbons (Fsp3) is 0.222. The molecule has 0 saturated heterocycles. The zero-order chi connectivity index (χ0) is 21.2. The van der Waals surface area contributed by atoms with Crippen LogP contribution in [0, 0.1) is 10.1 Å². The van der Waals surface area contributed by atoms with Gasteiger partial charge >= 0.3 is 11.1 Å². The highest BCUT2D eigenvalue weighted by atomic mass is 35.5. The molecule has 10 nitrogen and oxygen atoms in total. The molecule has 1 heterocycles. The van der Waals surface area contributed by atoms with Crippen molar-refractivity contribution >= 4 is 36.5 Å². The van der Waals surface area contributed by atoms with E-state index in [0.717, 1.165) is 5.56 Å². The van der Waals surface area contributed by atoms with Gasteiger partial charge in [0.15, 0.2) is 7.37 Å². The lowest BCUT2D eigenvalue weighted by Gasteiger charge is -2.21. The lowest BCUT2D eigenvalue weighted by molar-refractivity contribution is -0.384. The van der Waals surface area contributed by atoms with Gasteiger partial charge in [-0.05, 0) is 11.1 Å². The molecule has 0 radical (unpaired) electrons. The topological polar surface area (TPSA) is 158 Å². The largest absolute Gasteiger partial charge is 0.344 e. The monoisotopic (exact) mass is 454 g/mol. The van der Waals surface area contributed by atoms with E-state index in [-0.39, 0.29) is 41.8 Å². The summed E-state index contributed by atoms with van der Waals surface area (Å²) in [7, 11) is -3.37. The number of hydrogen-bond donors (Lipinski definition) is 4. The van der Waals surface area contributed by atoms with Gasteiger partial charge < -0.3 is 20.2 Å². The normalized spacial score (nSPS) is 13.9. The molecule has 3 aromatic rings. The molecule has 0 aliphatic rings. The Kier molecular flexibility index (Phi) is 7.33. The Labute approximate surface area is 176 Å². The molecular weight excluding hydrogens is 435 g/mol. The van der Waals surface area contributed by atoms with Gasteiger partial charge in [0.25, 0.3) is 5.69 Å². The Morgan fingerprint density at radius 2 is 1.80 bits per heavy atom. The number of hydrogen-bond acceptors (Lipinski definition) is 6. The van der Waals surface area contributed by atoms with Gasteiger partial charge in [-0.25, -0.2) is 0 Å². The molecule has 12 heteroatoms. The molecule has 2 aromatic carbocycles. The summed E-state index contributed by atoms with van der Waals surface area (Å²) in [5.41, 5.74) is -0.514. The Bertz CT molecular complexity index is 1220. The van der Waals surface area contributed by atoms with Gasteiger partial charge in [0.05, 0.1) is 16.0 Å². The van der Waals surface area contributed by atoms with Crippen LogP contribution in [0.2, 0.25) is 0 Å². The van der Waals surface area contributed by atoms with E-state index < -0.39 is 29.5 Å². The molecule has 4 N–H and O–H groups in total. The average molecular weight is 455 g/mol. The summed E-state index contributed by atoms with van der Waals surface area (Å²) in [5, 5.41) is 14.4. The van der Waals surface area contributed by atoms with E-state index in [1.807, 2.05) is 6.07 Å². The quantitative estimate of drug-likeness (QED) is 0.184. The van der Waals surface area contributed by atoms with Crippen LogP contribution in [-0.2, 0) is 11.1 Å². The second-order valence-corrected chi connectivity index (χ2v) is 9.24. The first-order valence-electron chi connectivity index (χ1n) is 8.65. The smallest absolute Gasteiger partial charge is 0.314 e.